The molecule has 11 bridgehead atoms. The molecule has 8 heterocycles. The molecule has 36 nitrogen and oxygen atoms in total. The van der Waals surface area contributed by atoms with Gasteiger partial charge in [0, 0.05) is 70.1 Å². The number of rotatable bonds is 21. The summed E-state index contributed by atoms with van der Waals surface area (Å²) in [6.07, 6.45) is -17.2. The van der Waals surface area contributed by atoms with E-state index in [1.165, 1.54) is 19.2 Å². The summed E-state index contributed by atoms with van der Waals surface area (Å²) in [5.74, 6) is -15.6. The van der Waals surface area contributed by atoms with Gasteiger partial charge in [-0.25, -0.2) is 4.79 Å². The number of ether oxygens (including phenoxy) is 7. The van der Waals surface area contributed by atoms with Crippen LogP contribution in [0.4, 0.5) is 5.69 Å². The third-order valence-corrected chi connectivity index (χ3v) is 22.6. The Morgan fingerprint density at radius 1 is 0.699 bits per heavy atom. The van der Waals surface area contributed by atoms with Gasteiger partial charge < -0.3 is 138 Å². The van der Waals surface area contributed by atoms with Crippen LogP contribution in [0.3, 0.4) is 0 Å². The molecule has 39 heteroatoms. The maximum Gasteiger partial charge on any atom is 0.330 e. The summed E-state index contributed by atoms with van der Waals surface area (Å²) in [5, 5.41) is 142. The van der Waals surface area contributed by atoms with Crippen molar-refractivity contribution < 1.29 is 123 Å². The van der Waals surface area contributed by atoms with Gasteiger partial charge in [-0.05, 0) is 152 Å². The molecule has 7 amide bonds. The number of carbonyl (C=O) groups is 8. The van der Waals surface area contributed by atoms with Gasteiger partial charge in [0.25, 0.3) is 0 Å². The van der Waals surface area contributed by atoms with Crippen LogP contribution in [0.25, 0.3) is 22.0 Å². The van der Waals surface area contributed by atoms with Gasteiger partial charge in [-0.15, -0.1) is 0 Å². The van der Waals surface area contributed by atoms with Gasteiger partial charge in [-0.3, -0.25) is 38.5 Å². The normalized spacial score (nSPS) is 26.2. The van der Waals surface area contributed by atoms with Gasteiger partial charge in [0.2, 0.25) is 53.4 Å². The van der Waals surface area contributed by atoms with Gasteiger partial charge in [-0.2, -0.15) is 0 Å². The topological polar surface area (TPSA) is 551 Å². The Morgan fingerprint density at radius 2 is 1.36 bits per heavy atom. The maximum absolute atomic E-state index is 16.2. The molecule has 18 atom stereocenters. The van der Waals surface area contributed by atoms with Gasteiger partial charge in [0.1, 0.15) is 102 Å². The van der Waals surface area contributed by atoms with E-state index in [0.717, 1.165) is 88.9 Å². The summed E-state index contributed by atoms with van der Waals surface area (Å²) in [5.41, 5.74) is 3.97. The smallest absolute Gasteiger partial charge is 0.330 e. The number of aliphatic carboxylic acids is 1. The van der Waals surface area contributed by atoms with Gasteiger partial charge in [0.05, 0.1) is 46.8 Å². The molecular weight excluding hydrogens is 1670 g/mol. The fourth-order valence-corrected chi connectivity index (χ4v) is 15.9. The number of nitrogens with two attached hydrogens (primary N) is 1. The number of aromatic nitrogens is 1. The molecule has 9 unspecified atom stereocenters. The minimum absolute atomic E-state index is 0.112. The van der Waals surface area contributed by atoms with Crippen LogP contribution < -0.4 is 72.5 Å². The van der Waals surface area contributed by atoms with E-state index in [4.69, 9.17) is 73.7 Å². The number of likely N-dealkylation sites (N-methyl/N-ethyl adjacent to an activating group) is 1. The van der Waals surface area contributed by atoms with Crippen LogP contribution in [0.5, 0.6) is 51.7 Å². The number of primary amides is 1. The number of anilines is 1. The standard InChI is InChI=1S/C84H90Cl3N11O25/c1-35(2)22-52(89-5)76(109)97-67-69(104)39-9-16-56(48(86)24-39)119-58-26-41-27-59(73(58)123-83-74(72(107)71(106)60(34-99)121-83)122-62-32-84(4,75(108)36(3)118-62)92-33-37-6-12-44(13-7-37)117-21-20-91-50-18-19-90-51-28-42(85)11-14-45(50)51)120-57-17-10-40(25-49(57)87)70(105)68-81(114)96-66(82(115)116)47-29-43(100)30-55(102)63(47)46-23-38(8-15-54(46)101)64(78(111)98-68)95-79(112)65(41)94-77(110)53(31-61(88)103)93-80(67)113/h6-19,23-30,35-36,52-53,60,62,64-72,74-75,83,89,92,99-102,104-108H,20-22,31-34H2,1-5H3,(H2,88,103)(H,90,91)(H,93,113)(H,94,110)(H,95,112)(H,96,114)(H,97,109)(H,98,111)(H,115,116)/t36?,52-,53+,60?,62?,64-,65-,66+,67-,68+,69-,70-,71?,72?,74?,75?,83?,84?/m1/s1. The molecule has 0 radical (unpaired) electrons. The summed E-state index contributed by atoms with van der Waals surface area (Å²) in [7, 11) is 1.47. The van der Waals surface area contributed by atoms with Crippen molar-refractivity contribution in [2.75, 3.05) is 32.1 Å². The summed E-state index contributed by atoms with van der Waals surface area (Å²) in [6.45, 7) is 6.82. The zero-order valence-electron chi connectivity index (χ0n) is 66.3. The quantitative estimate of drug-likeness (QED) is 0.0436. The summed E-state index contributed by atoms with van der Waals surface area (Å²) >= 11 is 20.5. The predicted molar refractivity (Wildman–Crippen MR) is 439 cm³/mol. The van der Waals surface area contributed by atoms with E-state index in [1.54, 1.807) is 44.3 Å². The summed E-state index contributed by atoms with van der Waals surface area (Å²) in [4.78, 5) is 123. The van der Waals surface area contributed by atoms with E-state index in [0.29, 0.717) is 23.9 Å². The number of carboxylic acid groups (broad SMARTS) is 1. The third-order valence-electron chi connectivity index (χ3n) is 21.7. The van der Waals surface area contributed by atoms with E-state index in [9.17, 15) is 75.0 Å². The van der Waals surface area contributed by atoms with Crippen molar-refractivity contribution in [3.8, 4) is 62.9 Å². The second-order valence-corrected chi connectivity index (χ2v) is 32.2. The lowest BCUT2D eigenvalue weighted by Gasteiger charge is -2.48. The van der Waals surface area contributed by atoms with E-state index in [2.05, 4.69) is 52.8 Å². The van der Waals surface area contributed by atoms with E-state index < -0.39 is 237 Å². The number of aliphatic hydroxyl groups is 6. The van der Waals surface area contributed by atoms with Crippen LogP contribution in [0, 0.1) is 5.92 Å². The number of hydrogen-bond acceptors (Lipinski definition) is 28. The number of nitrogens with zero attached hydrogens (tertiary/aromatic N) is 1. The van der Waals surface area contributed by atoms with E-state index in [1.807, 2.05) is 38.1 Å². The fourth-order valence-electron chi connectivity index (χ4n) is 15.3. The molecule has 0 saturated carbocycles. The fraction of sp³-hybridized carbons (Fsp3) is 0.369. The van der Waals surface area contributed by atoms with E-state index in [-0.39, 0.29) is 52.8 Å². The first kappa shape index (κ1) is 89.3. The monoisotopic (exact) mass is 1760 g/mol. The van der Waals surface area contributed by atoms with Gasteiger partial charge in [0.15, 0.2) is 29.9 Å². The molecule has 0 spiro atoms. The van der Waals surface area contributed by atoms with Crippen LogP contribution in [0.1, 0.15) is 111 Å². The summed E-state index contributed by atoms with van der Waals surface area (Å²) in [6, 6.07) is 13.8. The molecule has 21 N–H and O–H groups in total. The molecule has 2 fully saturated rings. The largest absolute Gasteiger partial charge is 0.508 e. The van der Waals surface area contributed by atoms with Crippen molar-refractivity contribution in [3.63, 3.8) is 0 Å². The van der Waals surface area contributed by atoms with E-state index >= 15 is 14.4 Å². The van der Waals surface area contributed by atoms with Crippen molar-refractivity contribution in [1.82, 2.24) is 47.5 Å². The van der Waals surface area contributed by atoms with Crippen molar-refractivity contribution in [2.45, 2.75) is 163 Å². The lowest BCUT2D eigenvalue weighted by molar-refractivity contribution is -0.334. The van der Waals surface area contributed by atoms with Crippen molar-refractivity contribution in [1.29, 1.82) is 0 Å². The first-order valence-corrected chi connectivity index (χ1v) is 40.1. The van der Waals surface area contributed by atoms with Crippen LogP contribution in [0.15, 0.2) is 134 Å². The minimum atomic E-state index is -2.37. The van der Waals surface area contributed by atoms with Crippen molar-refractivity contribution in [2.24, 2.45) is 11.7 Å². The van der Waals surface area contributed by atoms with Crippen LogP contribution in [0.2, 0.25) is 15.1 Å². The predicted octanol–water partition coefficient (Wildman–Crippen LogP) is 4.63. The average Bonchev–Trinajstić information content (AvgIpc) is 0.766. The number of phenolic OH excluding ortho intramolecular Hbond substituents is 3. The van der Waals surface area contributed by atoms with Gasteiger partial charge in [-0.1, -0.05) is 79.0 Å². The Morgan fingerprint density at radius 3 is 2.01 bits per heavy atom. The second kappa shape index (κ2) is 37.7. The average molecular weight is 1760 g/mol. The first-order chi connectivity index (χ1) is 58.6. The van der Waals surface area contributed by atoms with Crippen LogP contribution >= 0.6 is 34.8 Å². The number of phenols is 3. The highest BCUT2D eigenvalue weighted by atomic mass is 35.5. The number of pyridine rings is 1. The number of amides is 7. The molecule has 7 aliphatic heterocycles. The first-order valence-electron chi connectivity index (χ1n) is 39.0. The number of hydrogen-bond donors (Lipinski definition) is 20. The van der Waals surface area contributed by atoms with Crippen molar-refractivity contribution in [3.05, 3.63) is 182 Å². The number of benzene rings is 7. The lowest BCUT2D eigenvalue weighted by atomic mass is 9.84. The van der Waals surface area contributed by atoms with Gasteiger partial charge >= 0.3 is 5.97 Å². The Kier molecular flexibility index (Phi) is 27.4. The molecule has 0 aliphatic carbocycles. The zero-order chi connectivity index (χ0) is 88.3. The molecule has 123 heavy (non-hydrogen) atoms. The molecule has 7 aliphatic rings. The Balaban J connectivity index is 0.922. The number of aliphatic hydroxyl groups excluding tert-OH is 6. The van der Waals surface area contributed by atoms with Crippen molar-refractivity contribution >= 4 is 98.7 Å². The minimum Gasteiger partial charge on any atom is -0.508 e. The number of carbonyl (C=O) groups excluding carboxylic acids is 7. The molecule has 15 rings (SSSR count). The summed E-state index contributed by atoms with van der Waals surface area (Å²) < 4.78 is 45.6. The number of carboxylic acids is 1. The Bertz CT molecular complexity index is 5370. The number of halogens is 3. The molecule has 1 aromatic heterocycles. The highest BCUT2D eigenvalue weighted by Crippen LogP contribution is 2.50. The highest BCUT2D eigenvalue weighted by molar-refractivity contribution is 6.32. The molecule has 652 valence electrons. The molecule has 8 aromatic rings. The maximum atomic E-state index is 16.2. The third kappa shape index (κ3) is 19.8. The number of nitrogens with one attached hydrogen (secondary N) is 9. The van der Waals surface area contributed by atoms with Crippen LogP contribution in [-0.4, -0.2) is 209 Å². The molecular formula is C84H90Cl3N11O25. The second-order valence-electron chi connectivity index (χ2n) is 30.9. The number of aromatic hydroxyl groups is 3. The zero-order valence-corrected chi connectivity index (χ0v) is 68.6. The highest BCUT2D eigenvalue weighted by Gasteiger charge is 2.52. The molecule has 2 saturated heterocycles. The SMILES string of the molecule is CN[C@H](CC(C)C)C(=O)N[C@H]1C(=O)N[C@@H](CC(N)=O)C(=O)N[C@H]2C(=O)N[C@H]3C(=O)N[C@H](C(=O)N[C@H](C(=O)O)c4cc(O)cc(O)c4-c4cc3ccc4O)[C@H](O)c3ccc(c(Cl)c3)Oc3cc2cc(c3OC2OC(CO)C(O)C(O)C2OC2CC(C)(NCc3ccc(OCCNc4ccnc5cc(Cl)ccc45)cc3)C(O)C(C)O2)Oc2ccc(cc2Cl)[C@H]1O. The van der Waals surface area contributed by atoms with Crippen LogP contribution in [-0.2, 0) is 59.1 Å². The number of fused-ring (bicyclic) bond motifs is 16. The Hall–Kier alpha value is -11.5. The molecule has 7 aromatic carbocycles. The lowest BCUT2D eigenvalue weighted by Crippen LogP contribution is -2.65. The Labute approximate surface area is 716 Å².